The van der Waals surface area contributed by atoms with Gasteiger partial charge in [0.2, 0.25) is 17.5 Å². The zero-order chi connectivity index (χ0) is 20.1. The first-order valence-corrected chi connectivity index (χ1v) is 8.52. The molecule has 0 saturated heterocycles. The number of esters is 1. The van der Waals surface area contributed by atoms with Crippen LogP contribution in [0.4, 0.5) is 8.78 Å². The number of ether oxygens (including phenoxy) is 1. The van der Waals surface area contributed by atoms with E-state index < -0.39 is 35.6 Å². The van der Waals surface area contributed by atoms with Crippen LogP contribution in [0, 0.1) is 11.6 Å². The van der Waals surface area contributed by atoms with Crippen LogP contribution in [0.25, 0.3) is 11.4 Å². The van der Waals surface area contributed by atoms with Crippen LogP contribution < -0.4 is 0 Å². The number of ketones is 1. The first-order valence-electron chi connectivity index (χ1n) is 8.15. The number of halogens is 3. The van der Waals surface area contributed by atoms with Crippen molar-refractivity contribution in [2.75, 3.05) is 6.61 Å². The average molecular weight is 407 g/mol. The highest BCUT2D eigenvalue weighted by Gasteiger charge is 2.16. The van der Waals surface area contributed by atoms with E-state index in [1.54, 1.807) is 24.3 Å². The molecular weight excluding hydrogens is 394 g/mol. The van der Waals surface area contributed by atoms with Gasteiger partial charge in [0.1, 0.15) is 11.6 Å². The Labute approximate surface area is 163 Å². The van der Waals surface area contributed by atoms with Crippen LogP contribution in [0.3, 0.4) is 0 Å². The highest BCUT2D eigenvalue weighted by atomic mass is 35.5. The van der Waals surface area contributed by atoms with Crippen molar-refractivity contribution in [3.8, 4) is 11.4 Å². The smallest absolute Gasteiger partial charge is 0.306 e. The molecule has 0 radical (unpaired) electrons. The van der Waals surface area contributed by atoms with Gasteiger partial charge in [0, 0.05) is 17.0 Å². The standard InChI is InChI=1S/C19H13ClF2N2O4/c20-12-3-1-11(2-4-12)19-23-17(28-24-19)7-8-18(26)27-10-16(25)14-9-13(21)5-6-15(14)22/h1-6,9H,7-8,10H2. The Morgan fingerprint density at radius 3 is 2.61 bits per heavy atom. The van der Waals surface area contributed by atoms with Crippen molar-refractivity contribution in [1.82, 2.24) is 10.1 Å². The van der Waals surface area contributed by atoms with Crippen LogP contribution in [0.5, 0.6) is 0 Å². The zero-order valence-corrected chi connectivity index (χ0v) is 15.1. The lowest BCUT2D eigenvalue weighted by molar-refractivity contribution is -0.142. The second-order valence-electron chi connectivity index (χ2n) is 5.73. The number of nitrogens with zero attached hydrogens (tertiary/aromatic N) is 2. The second-order valence-corrected chi connectivity index (χ2v) is 6.16. The number of aromatic nitrogens is 2. The Morgan fingerprint density at radius 1 is 1.11 bits per heavy atom. The highest BCUT2D eigenvalue weighted by Crippen LogP contribution is 2.19. The molecule has 28 heavy (non-hydrogen) atoms. The molecule has 3 aromatic rings. The summed E-state index contributed by atoms with van der Waals surface area (Å²) in [5.74, 6) is -2.64. The summed E-state index contributed by atoms with van der Waals surface area (Å²) < 4.78 is 36.5. The van der Waals surface area contributed by atoms with Crippen LogP contribution in [0.2, 0.25) is 5.02 Å². The zero-order valence-electron chi connectivity index (χ0n) is 14.3. The summed E-state index contributed by atoms with van der Waals surface area (Å²) in [6, 6.07) is 9.29. The van der Waals surface area contributed by atoms with Crippen molar-refractivity contribution >= 4 is 23.4 Å². The van der Waals surface area contributed by atoms with E-state index in [0.717, 1.165) is 18.2 Å². The summed E-state index contributed by atoms with van der Waals surface area (Å²) >= 11 is 5.82. The largest absolute Gasteiger partial charge is 0.457 e. The van der Waals surface area contributed by atoms with Crippen LogP contribution in [0.15, 0.2) is 47.0 Å². The van der Waals surface area contributed by atoms with Gasteiger partial charge in [-0.15, -0.1) is 0 Å². The monoisotopic (exact) mass is 406 g/mol. The van der Waals surface area contributed by atoms with Crippen LogP contribution in [-0.2, 0) is 16.0 Å². The summed E-state index contributed by atoms with van der Waals surface area (Å²) in [6.45, 7) is -0.695. The molecule has 0 aliphatic heterocycles. The summed E-state index contributed by atoms with van der Waals surface area (Å²) in [5, 5.41) is 4.39. The van der Waals surface area contributed by atoms with E-state index in [0.29, 0.717) is 16.4 Å². The number of rotatable bonds is 7. The third-order valence-electron chi connectivity index (χ3n) is 3.71. The fourth-order valence-corrected chi connectivity index (χ4v) is 2.41. The van der Waals surface area contributed by atoms with Crippen molar-refractivity contribution in [2.24, 2.45) is 0 Å². The second kappa shape index (κ2) is 8.71. The molecule has 0 spiro atoms. The van der Waals surface area contributed by atoms with E-state index in [1.807, 2.05) is 0 Å². The van der Waals surface area contributed by atoms with Gasteiger partial charge in [0.15, 0.2) is 6.61 Å². The minimum atomic E-state index is -0.886. The van der Waals surface area contributed by atoms with E-state index >= 15 is 0 Å². The van der Waals surface area contributed by atoms with E-state index in [1.165, 1.54) is 0 Å². The van der Waals surface area contributed by atoms with E-state index in [2.05, 4.69) is 10.1 Å². The molecule has 3 rings (SSSR count). The summed E-state index contributed by atoms with van der Waals surface area (Å²) in [7, 11) is 0. The van der Waals surface area contributed by atoms with E-state index in [-0.39, 0.29) is 18.7 Å². The van der Waals surface area contributed by atoms with E-state index in [9.17, 15) is 18.4 Å². The Bertz CT molecular complexity index is 1010. The maximum Gasteiger partial charge on any atom is 0.306 e. The third kappa shape index (κ3) is 4.98. The minimum Gasteiger partial charge on any atom is -0.457 e. The van der Waals surface area contributed by atoms with Crippen molar-refractivity contribution in [2.45, 2.75) is 12.8 Å². The molecule has 6 nitrogen and oxygen atoms in total. The number of benzene rings is 2. The first-order chi connectivity index (χ1) is 13.4. The number of carbonyl (C=O) groups excluding carboxylic acids is 2. The normalized spacial score (nSPS) is 10.7. The molecule has 0 fully saturated rings. The topological polar surface area (TPSA) is 82.3 Å². The predicted molar refractivity (Wildman–Crippen MR) is 94.7 cm³/mol. The van der Waals surface area contributed by atoms with Gasteiger partial charge in [0.05, 0.1) is 12.0 Å². The SMILES string of the molecule is O=C(CCc1nc(-c2ccc(Cl)cc2)no1)OCC(=O)c1cc(F)ccc1F. The van der Waals surface area contributed by atoms with Crippen LogP contribution in [0.1, 0.15) is 22.7 Å². The molecule has 0 unspecified atom stereocenters. The van der Waals surface area contributed by atoms with Gasteiger partial charge < -0.3 is 9.26 Å². The number of carbonyl (C=O) groups is 2. The molecule has 0 saturated carbocycles. The Balaban J connectivity index is 1.50. The molecule has 0 aliphatic rings. The molecule has 144 valence electrons. The molecule has 1 aromatic heterocycles. The number of hydrogen-bond donors (Lipinski definition) is 0. The van der Waals surface area contributed by atoms with Gasteiger partial charge in [-0.2, -0.15) is 4.98 Å². The Morgan fingerprint density at radius 2 is 1.86 bits per heavy atom. The molecule has 0 atom stereocenters. The lowest BCUT2D eigenvalue weighted by atomic mass is 10.1. The average Bonchev–Trinajstić information content (AvgIpc) is 3.16. The molecule has 0 bridgehead atoms. The minimum absolute atomic E-state index is 0.0991. The van der Waals surface area contributed by atoms with Gasteiger partial charge in [-0.25, -0.2) is 8.78 Å². The van der Waals surface area contributed by atoms with Crippen molar-refractivity contribution in [3.63, 3.8) is 0 Å². The highest BCUT2D eigenvalue weighted by molar-refractivity contribution is 6.30. The number of aryl methyl sites for hydroxylation is 1. The fraction of sp³-hybridized carbons (Fsp3) is 0.158. The van der Waals surface area contributed by atoms with Gasteiger partial charge in [-0.05, 0) is 42.5 Å². The van der Waals surface area contributed by atoms with Crippen molar-refractivity contribution < 1.29 is 27.6 Å². The predicted octanol–water partition coefficient (Wildman–Crippen LogP) is 4.03. The van der Waals surface area contributed by atoms with E-state index in [4.69, 9.17) is 20.9 Å². The molecule has 0 aliphatic carbocycles. The molecule has 2 aromatic carbocycles. The van der Waals surface area contributed by atoms with Gasteiger partial charge in [-0.3, -0.25) is 9.59 Å². The summed E-state index contributed by atoms with van der Waals surface area (Å²) in [4.78, 5) is 27.8. The van der Waals surface area contributed by atoms with Crippen molar-refractivity contribution in [3.05, 3.63) is 70.6 Å². The maximum absolute atomic E-state index is 13.5. The molecule has 1 heterocycles. The first kappa shape index (κ1) is 19.6. The lowest BCUT2D eigenvalue weighted by Crippen LogP contribution is -2.16. The lowest BCUT2D eigenvalue weighted by Gasteiger charge is -2.04. The summed E-state index contributed by atoms with van der Waals surface area (Å²) in [5.41, 5.74) is 0.224. The van der Waals surface area contributed by atoms with Crippen molar-refractivity contribution in [1.29, 1.82) is 0 Å². The van der Waals surface area contributed by atoms with Crippen LogP contribution in [-0.4, -0.2) is 28.5 Å². The third-order valence-corrected chi connectivity index (χ3v) is 3.96. The van der Waals surface area contributed by atoms with Crippen LogP contribution >= 0.6 is 11.6 Å². The summed E-state index contributed by atoms with van der Waals surface area (Å²) in [6.07, 6.45) is -0.0247. The van der Waals surface area contributed by atoms with Gasteiger partial charge in [0.25, 0.3) is 0 Å². The Kier molecular flexibility index (Phi) is 6.10. The molecule has 9 heteroatoms. The molecule has 0 N–H and O–H groups in total. The molecule has 0 amide bonds. The Hall–Kier alpha value is -3.13. The van der Waals surface area contributed by atoms with Gasteiger partial charge >= 0.3 is 5.97 Å². The molecular formula is C19H13ClF2N2O4. The fourth-order valence-electron chi connectivity index (χ4n) is 2.29. The van der Waals surface area contributed by atoms with Gasteiger partial charge in [-0.1, -0.05) is 16.8 Å². The number of Topliss-reactive ketones (excluding diaryl/α,β-unsaturated/α-hetero) is 1. The quantitative estimate of drug-likeness (QED) is 0.435. The maximum atomic E-state index is 13.5. The number of hydrogen-bond acceptors (Lipinski definition) is 6.